The van der Waals surface area contributed by atoms with Crippen molar-refractivity contribution in [2.24, 2.45) is 5.73 Å². The molecule has 0 aliphatic heterocycles. The summed E-state index contributed by atoms with van der Waals surface area (Å²) in [5.74, 6) is 1.98. The number of hydrogen-bond donors (Lipinski definition) is 1. The standard InChI is InChI=1S/C17H20ClNO/c1-12(2)14-4-6-15(7-5-14)20-17-8-3-13(9-10-19)11-16(17)18/h3-8,11-12H,9-10,19H2,1-2H3. The molecule has 3 heteroatoms. The summed E-state index contributed by atoms with van der Waals surface area (Å²) in [5.41, 5.74) is 7.95. The molecule has 0 saturated carbocycles. The van der Waals surface area contributed by atoms with Crippen LogP contribution in [-0.2, 0) is 6.42 Å². The van der Waals surface area contributed by atoms with Crippen LogP contribution in [-0.4, -0.2) is 6.54 Å². The van der Waals surface area contributed by atoms with E-state index in [9.17, 15) is 0 Å². The van der Waals surface area contributed by atoms with Gasteiger partial charge in [-0.2, -0.15) is 0 Å². The fourth-order valence-electron chi connectivity index (χ4n) is 2.00. The van der Waals surface area contributed by atoms with E-state index in [4.69, 9.17) is 22.1 Å². The van der Waals surface area contributed by atoms with Crippen LogP contribution in [0.3, 0.4) is 0 Å². The average Bonchev–Trinajstić information content (AvgIpc) is 2.43. The molecule has 2 nitrogen and oxygen atoms in total. The maximum atomic E-state index is 6.23. The number of nitrogens with two attached hydrogens (primary N) is 1. The maximum absolute atomic E-state index is 6.23. The van der Waals surface area contributed by atoms with Crippen LogP contribution in [0, 0.1) is 0 Å². The van der Waals surface area contributed by atoms with Gasteiger partial charge >= 0.3 is 0 Å². The van der Waals surface area contributed by atoms with Crippen molar-refractivity contribution in [2.45, 2.75) is 26.2 Å². The Labute approximate surface area is 125 Å². The monoisotopic (exact) mass is 289 g/mol. The molecule has 0 aliphatic rings. The fraction of sp³-hybridized carbons (Fsp3) is 0.294. The predicted molar refractivity (Wildman–Crippen MR) is 84.8 cm³/mol. The van der Waals surface area contributed by atoms with Crippen LogP contribution in [0.25, 0.3) is 0 Å². The summed E-state index contributed by atoms with van der Waals surface area (Å²) in [5, 5.41) is 0.615. The highest BCUT2D eigenvalue weighted by molar-refractivity contribution is 6.32. The van der Waals surface area contributed by atoms with Gasteiger partial charge in [0.25, 0.3) is 0 Å². The minimum Gasteiger partial charge on any atom is -0.456 e. The molecule has 0 unspecified atom stereocenters. The summed E-state index contributed by atoms with van der Waals surface area (Å²) < 4.78 is 5.81. The average molecular weight is 290 g/mol. The zero-order valence-corrected chi connectivity index (χ0v) is 12.7. The number of ether oxygens (including phenoxy) is 1. The van der Waals surface area contributed by atoms with Crippen LogP contribution < -0.4 is 10.5 Å². The quantitative estimate of drug-likeness (QED) is 0.861. The van der Waals surface area contributed by atoms with Gasteiger partial charge in [0.05, 0.1) is 5.02 Å². The molecule has 2 N–H and O–H groups in total. The SMILES string of the molecule is CC(C)c1ccc(Oc2ccc(CCN)cc2Cl)cc1. The Kier molecular flexibility index (Phi) is 5.05. The van der Waals surface area contributed by atoms with Gasteiger partial charge in [-0.25, -0.2) is 0 Å². The molecule has 0 spiro atoms. The number of rotatable bonds is 5. The number of benzene rings is 2. The van der Waals surface area contributed by atoms with E-state index in [-0.39, 0.29) is 0 Å². The topological polar surface area (TPSA) is 35.2 Å². The third-order valence-corrected chi connectivity index (χ3v) is 3.50. The third-order valence-electron chi connectivity index (χ3n) is 3.20. The lowest BCUT2D eigenvalue weighted by Gasteiger charge is -2.10. The van der Waals surface area contributed by atoms with Crippen molar-refractivity contribution in [1.29, 1.82) is 0 Å². The Bertz CT molecular complexity index is 564. The van der Waals surface area contributed by atoms with Gasteiger partial charge in [-0.05, 0) is 54.3 Å². The van der Waals surface area contributed by atoms with Crippen LogP contribution in [0.2, 0.25) is 5.02 Å². The molecule has 0 bridgehead atoms. The minimum absolute atomic E-state index is 0.517. The molecule has 0 heterocycles. The summed E-state index contributed by atoms with van der Waals surface area (Å²) in [4.78, 5) is 0. The predicted octanol–water partition coefficient (Wildman–Crippen LogP) is 4.76. The van der Waals surface area contributed by atoms with E-state index in [1.54, 1.807) is 0 Å². The summed E-state index contributed by atoms with van der Waals surface area (Å²) in [6.45, 7) is 4.96. The molecule has 0 saturated heterocycles. The summed E-state index contributed by atoms with van der Waals surface area (Å²) in [6.07, 6.45) is 0.823. The van der Waals surface area contributed by atoms with E-state index in [2.05, 4.69) is 26.0 Å². The van der Waals surface area contributed by atoms with Crippen molar-refractivity contribution >= 4 is 11.6 Å². The Morgan fingerprint density at radius 3 is 2.35 bits per heavy atom. The molecule has 0 fully saturated rings. The molecule has 0 amide bonds. The van der Waals surface area contributed by atoms with E-state index in [0.717, 1.165) is 17.7 Å². The molecular formula is C17H20ClNO. The second-order valence-corrected chi connectivity index (χ2v) is 5.54. The summed E-state index contributed by atoms with van der Waals surface area (Å²) >= 11 is 6.23. The van der Waals surface area contributed by atoms with Crippen molar-refractivity contribution in [3.05, 3.63) is 58.6 Å². The highest BCUT2D eigenvalue weighted by Gasteiger charge is 2.05. The highest BCUT2D eigenvalue weighted by atomic mass is 35.5. The van der Waals surface area contributed by atoms with Crippen molar-refractivity contribution in [2.75, 3.05) is 6.54 Å². The van der Waals surface area contributed by atoms with Crippen LogP contribution in [0.1, 0.15) is 30.9 Å². The molecule has 0 radical (unpaired) electrons. The van der Waals surface area contributed by atoms with Gasteiger partial charge in [-0.15, -0.1) is 0 Å². The second-order valence-electron chi connectivity index (χ2n) is 5.13. The number of halogens is 1. The summed E-state index contributed by atoms with van der Waals surface area (Å²) in [6, 6.07) is 13.9. The largest absolute Gasteiger partial charge is 0.456 e. The van der Waals surface area contributed by atoms with Crippen molar-refractivity contribution in [3.63, 3.8) is 0 Å². The Hall–Kier alpha value is -1.51. The molecule has 0 aromatic heterocycles. The molecule has 0 atom stereocenters. The van der Waals surface area contributed by atoms with Crippen LogP contribution in [0.15, 0.2) is 42.5 Å². The second kappa shape index (κ2) is 6.78. The van der Waals surface area contributed by atoms with E-state index in [0.29, 0.717) is 23.2 Å². The van der Waals surface area contributed by atoms with Gasteiger partial charge in [0.15, 0.2) is 0 Å². The summed E-state index contributed by atoms with van der Waals surface area (Å²) in [7, 11) is 0. The zero-order valence-electron chi connectivity index (χ0n) is 11.9. The lowest BCUT2D eigenvalue weighted by atomic mass is 10.0. The minimum atomic E-state index is 0.517. The van der Waals surface area contributed by atoms with Crippen molar-refractivity contribution in [3.8, 4) is 11.5 Å². The van der Waals surface area contributed by atoms with Crippen LogP contribution >= 0.6 is 11.6 Å². The lowest BCUT2D eigenvalue weighted by molar-refractivity contribution is 0.482. The van der Waals surface area contributed by atoms with Gasteiger partial charge in [-0.1, -0.05) is 43.6 Å². The first-order valence-electron chi connectivity index (χ1n) is 6.86. The Morgan fingerprint density at radius 1 is 1.10 bits per heavy atom. The van der Waals surface area contributed by atoms with Gasteiger partial charge in [-0.3, -0.25) is 0 Å². The lowest BCUT2D eigenvalue weighted by Crippen LogP contribution is -2.02. The van der Waals surface area contributed by atoms with Crippen molar-refractivity contribution in [1.82, 2.24) is 0 Å². The van der Waals surface area contributed by atoms with Crippen LogP contribution in [0.5, 0.6) is 11.5 Å². The molecule has 106 valence electrons. The van der Waals surface area contributed by atoms with Gasteiger partial charge in [0, 0.05) is 0 Å². The Balaban J connectivity index is 2.13. The molecule has 2 rings (SSSR count). The Morgan fingerprint density at radius 2 is 1.80 bits per heavy atom. The third kappa shape index (κ3) is 3.75. The van der Waals surface area contributed by atoms with Crippen molar-refractivity contribution < 1.29 is 4.74 Å². The number of hydrogen-bond acceptors (Lipinski definition) is 2. The first-order chi connectivity index (χ1) is 9.60. The maximum Gasteiger partial charge on any atom is 0.146 e. The normalized spacial score (nSPS) is 10.8. The van der Waals surface area contributed by atoms with Gasteiger partial charge < -0.3 is 10.5 Å². The molecule has 2 aromatic carbocycles. The van der Waals surface area contributed by atoms with E-state index < -0.39 is 0 Å². The van der Waals surface area contributed by atoms with Gasteiger partial charge in [0.2, 0.25) is 0 Å². The van der Waals surface area contributed by atoms with E-state index in [1.807, 2.05) is 30.3 Å². The molecule has 20 heavy (non-hydrogen) atoms. The molecule has 0 aliphatic carbocycles. The smallest absolute Gasteiger partial charge is 0.146 e. The highest BCUT2D eigenvalue weighted by Crippen LogP contribution is 2.30. The zero-order chi connectivity index (χ0) is 14.5. The van der Waals surface area contributed by atoms with E-state index >= 15 is 0 Å². The van der Waals surface area contributed by atoms with E-state index in [1.165, 1.54) is 5.56 Å². The fourth-order valence-corrected chi connectivity index (χ4v) is 2.24. The first-order valence-corrected chi connectivity index (χ1v) is 7.24. The molecule has 2 aromatic rings. The van der Waals surface area contributed by atoms with Crippen LogP contribution in [0.4, 0.5) is 0 Å². The molecular weight excluding hydrogens is 270 g/mol. The van der Waals surface area contributed by atoms with Gasteiger partial charge in [0.1, 0.15) is 11.5 Å². The first kappa shape index (κ1) is 14.9.